The van der Waals surface area contributed by atoms with E-state index < -0.39 is 10.0 Å². The van der Waals surface area contributed by atoms with Gasteiger partial charge in [-0.1, -0.05) is 0 Å². The van der Waals surface area contributed by atoms with Gasteiger partial charge in [0.15, 0.2) is 0 Å². The van der Waals surface area contributed by atoms with Crippen molar-refractivity contribution < 1.29 is 8.42 Å². The third-order valence-corrected chi connectivity index (χ3v) is 3.68. The van der Waals surface area contributed by atoms with E-state index in [1.807, 2.05) is 0 Å². The van der Waals surface area contributed by atoms with Crippen LogP contribution in [0.25, 0.3) is 0 Å². The Morgan fingerprint density at radius 2 is 2.20 bits per heavy atom. The Morgan fingerprint density at radius 3 is 2.80 bits per heavy atom. The van der Waals surface area contributed by atoms with Gasteiger partial charge in [-0.25, -0.2) is 13.1 Å². The number of sulfonamides is 1. The fourth-order valence-electron chi connectivity index (χ4n) is 1.20. The Kier molecular flexibility index (Phi) is 2.59. The van der Waals surface area contributed by atoms with Gasteiger partial charge in [-0.2, -0.15) is 0 Å². The number of hydrazine groups is 1. The van der Waals surface area contributed by atoms with Crippen LogP contribution in [0, 0.1) is 0 Å². The van der Waals surface area contributed by atoms with Gasteiger partial charge in [-0.3, -0.25) is 10.8 Å². The quantitative estimate of drug-likeness (QED) is 0.490. The van der Waals surface area contributed by atoms with E-state index >= 15 is 0 Å². The molecule has 1 saturated carbocycles. The predicted molar refractivity (Wildman–Crippen MR) is 55.4 cm³/mol. The molecule has 1 aromatic heterocycles. The van der Waals surface area contributed by atoms with E-state index in [4.69, 9.17) is 5.84 Å². The van der Waals surface area contributed by atoms with E-state index in [9.17, 15) is 8.42 Å². The summed E-state index contributed by atoms with van der Waals surface area (Å²) in [6, 6.07) is 1.59. The zero-order valence-electron chi connectivity index (χ0n) is 7.97. The lowest BCUT2D eigenvalue weighted by molar-refractivity contribution is 0.581. The monoisotopic (exact) mass is 228 g/mol. The third kappa shape index (κ3) is 2.25. The number of pyridine rings is 1. The van der Waals surface area contributed by atoms with Gasteiger partial charge in [0.05, 0.1) is 5.69 Å². The molecule has 1 heterocycles. The van der Waals surface area contributed by atoms with Crippen molar-refractivity contribution in [3.63, 3.8) is 0 Å². The standard InChI is InChI=1S/C8H12N4O2S/c9-11-7-3-4-10-5-8(7)15(13,14)12-6-1-2-6/h3-6,12H,1-2,9H2,(H,10,11). The number of hydrogen-bond donors (Lipinski definition) is 3. The molecular weight excluding hydrogens is 216 g/mol. The third-order valence-electron chi connectivity index (χ3n) is 2.13. The molecule has 0 amide bonds. The topological polar surface area (TPSA) is 97.1 Å². The van der Waals surface area contributed by atoms with Crippen LogP contribution in [0.1, 0.15) is 12.8 Å². The minimum Gasteiger partial charge on any atom is -0.323 e. The molecule has 82 valence electrons. The Hall–Kier alpha value is -1.18. The van der Waals surface area contributed by atoms with E-state index in [2.05, 4.69) is 15.1 Å². The smallest absolute Gasteiger partial charge is 0.244 e. The van der Waals surface area contributed by atoms with Crippen LogP contribution in [0.3, 0.4) is 0 Å². The first-order valence-corrected chi connectivity index (χ1v) is 6.05. The Balaban J connectivity index is 2.34. The van der Waals surface area contributed by atoms with Crippen LogP contribution in [0.4, 0.5) is 5.69 Å². The molecule has 1 aromatic rings. The molecule has 0 radical (unpaired) electrons. The van der Waals surface area contributed by atoms with Gasteiger partial charge >= 0.3 is 0 Å². The molecule has 0 atom stereocenters. The summed E-state index contributed by atoms with van der Waals surface area (Å²) in [6.07, 6.45) is 4.54. The summed E-state index contributed by atoms with van der Waals surface area (Å²) in [7, 11) is -3.49. The number of nitrogens with one attached hydrogen (secondary N) is 2. The van der Waals surface area contributed by atoms with Crippen molar-refractivity contribution in [2.75, 3.05) is 5.43 Å². The van der Waals surface area contributed by atoms with E-state index in [1.165, 1.54) is 18.5 Å². The summed E-state index contributed by atoms with van der Waals surface area (Å²) in [5.74, 6) is 5.22. The van der Waals surface area contributed by atoms with Crippen molar-refractivity contribution >= 4 is 15.7 Å². The molecule has 2 rings (SSSR count). The van der Waals surface area contributed by atoms with Crippen molar-refractivity contribution in [1.82, 2.24) is 9.71 Å². The molecule has 0 bridgehead atoms. The van der Waals surface area contributed by atoms with Gasteiger partial charge in [0, 0.05) is 18.4 Å². The molecule has 7 heteroatoms. The number of rotatable bonds is 4. The highest BCUT2D eigenvalue weighted by Gasteiger charge is 2.29. The lowest BCUT2D eigenvalue weighted by Gasteiger charge is -2.09. The van der Waals surface area contributed by atoms with E-state index in [-0.39, 0.29) is 10.9 Å². The van der Waals surface area contributed by atoms with Crippen molar-refractivity contribution in [2.45, 2.75) is 23.8 Å². The van der Waals surface area contributed by atoms with Gasteiger partial charge in [-0.15, -0.1) is 0 Å². The minimum atomic E-state index is -3.49. The molecule has 4 N–H and O–H groups in total. The van der Waals surface area contributed by atoms with E-state index in [0.29, 0.717) is 5.69 Å². The molecule has 0 unspecified atom stereocenters. The molecule has 0 aromatic carbocycles. The lowest BCUT2D eigenvalue weighted by Crippen LogP contribution is -2.27. The summed E-state index contributed by atoms with van der Waals surface area (Å²) < 4.78 is 26.2. The molecule has 0 spiro atoms. The molecule has 15 heavy (non-hydrogen) atoms. The van der Waals surface area contributed by atoms with Gasteiger partial charge in [0.2, 0.25) is 10.0 Å². The number of anilines is 1. The minimum absolute atomic E-state index is 0.0702. The van der Waals surface area contributed by atoms with Crippen molar-refractivity contribution in [2.24, 2.45) is 5.84 Å². The summed E-state index contributed by atoms with van der Waals surface area (Å²) in [5, 5.41) is 0. The molecule has 6 nitrogen and oxygen atoms in total. The number of aromatic nitrogens is 1. The Labute approximate surface area is 87.9 Å². The van der Waals surface area contributed by atoms with Crippen LogP contribution < -0.4 is 16.0 Å². The first-order chi connectivity index (χ1) is 7.13. The van der Waals surface area contributed by atoms with E-state index in [0.717, 1.165) is 12.8 Å². The summed E-state index contributed by atoms with van der Waals surface area (Å²) in [6.45, 7) is 0. The first kappa shape index (κ1) is 10.3. The summed E-state index contributed by atoms with van der Waals surface area (Å²) >= 11 is 0. The molecule has 0 saturated heterocycles. The average molecular weight is 228 g/mol. The SMILES string of the molecule is NNc1ccncc1S(=O)(=O)NC1CC1. The number of nitrogens with zero attached hydrogens (tertiary/aromatic N) is 1. The fourth-order valence-corrected chi connectivity index (χ4v) is 2.62. The summed E-state index contributed by atoms with van der Waals surface area (Å²) in [5.41, 5.74) is 2.68. The van der Waals surface area contributed by atoms with Gasteiger partial charge < -0.3 is 5.43 Å². The van der Waals surface area contributed by atoms with Gasteiger partial charge in [-0.05, 0) is 18.9 Å². The van der Waals surface area contributed by atoms with Crippen LogP contribution in [0.5, 0.6) is 0 Å². The van der Waals surface area contributed by atoms with Crippen molar-refractivity contribution in [1.29, 1.82) is 0 Å². The van der Waals surface area contributed by atoms with Crippen LogP contribution in [0.15, 0.2) is 23.4 Å². The van der Waals surface area contributed by atoms with Crippen LogP contribution in [-0.2, 0) is 10.0 Å². The van der Waals surface area contributed by atoms with E-state index in [1.54, 1.807) is 0 Å². The number of nitrogens with two attached hydrogens (primary N) is 1. The first-order valence-electron chi connectivity index (χ1n) is 4.56. The van der Waals surface area contributed by atoms with Crippen molar-refractivity contribution in [3.05, 3.63) is 18.5 Å². The predicted octanol–water partition coefficient (Wildman–Crippen LogP) is -0.192. The van der Waals surface area contributed by atoms with Gasteiger partial charge in [0.25, 0.3) is 0 Å². The molecular formula is C8H12N4O2S. The van der Waals surface area contributed by atoms with Crippen LogP contribution >= 0.6 is 0 Å². The maximum atomic E-state index is 11.8. The zero-order chi connectivity index (χ0) is 10.9. The highest BCUT2D eigenvalue weighted by Crippen LogP contribution is 2.24. The van der Waals surface area contributed by atoms with Gasteiger partial charge in [0.1, 0.15) is 4.90 Å². The van der Waals surface area contributed by atoms with Crippen molar-refractivity contribution in [3.8, 4) is 0 Å². The normalized spacial score (nSPS) is 16.3. The average Bonchev–Trinajstić information content (AvgIpc) is 3.01. The lowest BCUT2D eigenvalue weighted by atomic mass is 10.4. The maximum absolute atomic E-state index is 11.8. The molecule has 1 aliphatic carbocycles. The van der Waals surface area contributed by atoms with Crippen LogP contribution in [-0.4, -0.2) is 19.4 Å². The zero-order valence-corrected chi connectivity index (χ0v) is 8.79. The largest absolute Gasteiger partial charge is 0.323 e. The molecule has 0 aliphatic heterocycles. The highest BCUT2D eigenvalue weighted by atomic mass is 32.2. The number of hydrogen-bond acceptors (Lipinski definition) is 5. The van der Waals surface area contributed by atoms with Crippen LogP contribution in [0.2, 0.25) is 0 Å². The summed E-state index contributed by atoms with van der Waals surface area (Å²) in [4.78, 5) is 3.86. The maximum Gasteiger partial charge on any atom is 0.244 e. The number of nitrogen functional groups attached to an aromatic ring is 1. The second-order valence-electron chi connectivity index (χ2n) is 3.41. The highest BCUT2D eigenvalue weighted by molar-refractivity contribution is 7.89. The second-order valence-corrected chi connectivity index (χ2v) is 5.09. The molecule has 1 fully saturated rings. The Bertz CT molecular complexity index is 455. The fraction of sp³-hybridized carbons (Fsp3) is 0.375. The Morgan fingerprint density at radius 1 is 1.47 bits per heavy atom. The molecule has 1 aliphatic rings. The second kappa shape index (κ2) is 3.76.